The second-order valence-electron chi connectivity index (χ2n) is 7.20. The normalized spacial score (nSPS) is 20.6. The number of hydrogen-bond acceptors (Lipinski definition) is 5. The SMILES string of the molecule is O=C(Nc1ccc(-c2cn3c(n2)SCC3)cc1)C1CC(c2ccc(F)cc2)NN1. The molecule has 8 heteroatoms. The van der Waals surface area contributed by atoms with Crippen molar-refractivity contribution in [3.05, 3.63) is 66.1 Å². The van der Waals surface area contributed by atoms with Crippen molar-refractivity contribution in [2.45, 2.75) is 30.2 Å². The molecule has 0 radical (unpaired) electrons. The Morgan fingerprint density at radius 3 is 2.69 bits per heavy atom. The third kappa shape index (κ3) is 3.78. The fourth-order valence-electron chi connectivity index (χ4n) is 3.64. The van der Waals surface area contributed by atoms with Crippen LogP contribution in [0.4, 0.5) is 10.1 Å². The van der Waals surface area contributed by atoms with Crippen molar-refractivity contribution in [3.63, 3.8) is 0 Å². The molecule has 0 spiro atoms. The number of nitrogens with zero attached hydrogens (tertiary/aromatic N) is 2. The number of carbonyl (C=O) groups excluding carboxylic acids is 1. The van der Waals surface area contributed by atoms with Crippen LogP contribution in [-0.2, 0) is 11.3 Å². The maximum atomic E-state index is 13.1. The van der Waals surface area contributed by atoms with Gasteiger partial charge in [-0.3, -0.25) is 4.79 Å². The van der Waals surface area contributed by atoms with E-state index in [0.29, 0.717) is 6.42 Å². The number of anilines is 1. The van der Waals surface area contributed by atoms with E-state index in [9.17, 15) is 9.18 Å². The number of hydrazine groups is 1. The molecule has 29 heavy (non-hydrogen) atoms. The molecule has 1 amide bonds. The summed E-state index contributed by atoms with van der Waals surface area (Å²) >= 11 is 1.77. The van der Waals surface area contributed by atoms with Crippen LogP contribution in [0.3, 0.4) is 0 Å². The molecule has 1 aromatic heterocycles. The van der Waals surface area contributed by atoms with Crippen LogP contribution in [-0.4, -0.2) is 27.3 Å². The summed E-state index contributed by atoms with van der Waals surface area (Å²) < 4.78 is 15.3. The summed E-state index contributed by atoms with van der Waals surface area (Å²) in [6.45, 7) is 1.00. The maximum absolute atomic E-state index is 13.1. The van der Waals surface area contributed by atoms with E-state index >= 15 is 0 Å². The Labute approximate surface area is 171 Å². The Hall–Kier alpha value is -2.68. The summed E-state index contributed by atoms with van der Waals surface area (Å²) in [5, 5.41) is 4.01. The monoisotopic (exact) mass is 409 g/mol. The van der Waals surface area contributed by atoms with Crippen LogP contribution in [0.1, 0.15) is 18.0 Å². The molecule has 3 heterocycles. The molecule has 0 bridgehead atoms. The van der Waals surface area contributed by atoms with Crippen molar-refractivity contribution in [2.75, 3.05) is 11.1 Å². The van der Waals surface area contributed by atoms with Gasteiger partial charge in [-0.15, -0.1) is 0 Å². The van der Waals surface area contributed by atoms with Crippen LogP contribution in [0.2, 0.25) is 0 Å². The fraction of sp³-hybridized carbons (Fsp3) is 0.238. The lowest BCUT2D eigenvalue weighted by atomic mass is 10.0. The number of rotatable bonds is 4. The van der Waals surface area contributed by atoms with Crippen molar-refractivity contribution in [3.8, 4) is 11.3 Å². The summed E-state index contributed by atoms with van der Waals surface area (Å²) in [6, 6.07) is 13.7. The number of imidazole rings is 1. The molecule has 2 atom stereocenters. The highest BCUT2D eigenvalue weighted by atomic mass is 32.2. The van der Waals surface area contributed by atoms with Gasteiger partial charge >= 0.3 is 0 Å². The van der Waals surface area contributed by atoms with Gasteiger partial charge < -0.3 is 9.88 Å². The Kier molecular flexibility index (Phi) is 4.83. The molecule has 0 saturated carbocycles. The van der Waals surface area contributed by atoms with Gasteiger partial charge in [-0.1, -0.05) is 36.0 Å². The van der Waals surface area contributed by atoms with Crippen LogP contribution in [0, 0.1) is 5.82 Å². The minimum absolute atomic E-state index is 0.0329. The summed E-state index contributed by atoms with van der Waals surface area (Å²) in [4.78, 5) is 17.3. The summed E-state index contributed by atoms with van der Waals surface area (Å²) in [5.74, 6) is 0.711. The van der Waals surface area contributed by atoms with Crippen LogP contribution in [0.5, 0.6) is 0 Å². The lowest BCUT2D eigenvalue weighted by Crippen LogP contribution is -2.39. The van der Waals surface area contributed by atoms with Gasteiger partial charge in [0.2, 0.25) is 5.91 Å². The predicted molar refractivity (Wildman–Crippen MR) is 111 cm³/mol. The minimum atomic E-state index is -0.363. The molecule has 148 valence electrons. The number of carbonyl (C=O) groups is 1. The fourth-order valence-corrected chi connectivity index (χ4v) is 4.59. The van der Waals surface area contributed by atoms with Crippen molar-refractivity contribution >= 4 is 23.4 Å². The van der Waals surface area contributed by atoms with Gasteiger partial charge in [0.15, 0.2) is 5.16 Å². The van der Waals surface area contributed by atoms with Gasteiger partial charge in [-0.05, 0) is 36.2 Å². The molecule has 2 unspecified atom stereocenters. The smallest absolute Gasteiger partial charge is 0.242 e. The van der Waals surface area contributed by atoms with E-state index in [1.54, 1.807) is 23.9 Å². The quantitative estimate of drug-likeness (QED) is 0.617. The third-order valence-corrected chi connectivity index (χ3v) is 6.21. The highest BCUT2D eigenvalue weighted by Crippen LogP contribution is 2.29. The first-order chi connectivity index (χ1) is 14.2. The molecule has 2 aliphatic heterocycles. The lowest BCUT2D eigenvalue weighted by molar-refractivity contribution is -0.117. The molecule has 2 aromatic carbocycles. The Morgan fingerprint density at radius 1 is 1.14 bits per heavy atom. The molecule has 3 N–H and O–H groups in total. The van der Waals surface area contributed by atoms with E-state index in [0.717, 1.165) is 40.0 Å². The average molecular weight is 409 g/mol. The lowest BCUT2D eigenvalue weighted by Gasteiger charge is -2.11. The Bertz CT molecular complexity index is 1010. The van der Waals surface area contributed by atoms with E-state index in [1.165, 1.54) is 12.1 Å². The molecule has 1 fully saturated rings. The van der Waals surface area contributed by atoms with E-state index in [2.05, 4.69) is 31.9 Å². The van der Waals surface area contributed by atoms with Crippen LogP contribution in [0.25, 0.3) is 11.3 Å². The average Bonchev–Trinajstić information content (AvgIpc) is 3.45. The van der Waals surface area contributed by atoms with Crippen LogP contribution in [0.15, 0.2) is 59.9 Å². The number of benzene rings is 2. The number of halogens is 1. The molecule has 6 nitrogen and oxygen atoms in total. The maximum Gasteiger partial charge on any atom is 0.242 e. The molecular formula is C21H20FN5OS. The zero-order chi connectivity index (χ0) is 19.8. The molecule has 0 aliphatic carbocycles. The molecule has 3 aromatic rings. The summed E-state index contributed by atoms with van der Waals surface area (Å²) in [6.07, 6.45) is 2.67. The number of thioether (sulfide) groups is 1. The van der Waals surface area contributed by atoms with Gasteiger partial charge in [-0.25, -0.2) is 20.2 Å². The number of nitrogens with one attached hydrogen (secondary N) is 3. The van der Waals surface area contributed by atoms with Gasteiger partial charge in [0.1, 0.15) is 11.9 Å². The van der Waals surface area contributed by atoms with Gasteiger partial charge in [0, 0.05) is 35.8 Å². The van der Waals surface area contributed by atoms with E-state index in [1.807, 2.05) is 24.3 Å². The van der Waals surface area contributed by atoms with Gasteiger partial charge in [0.05, 0.1) is 5.69 Å². The highest BCUT2D eigenvalue weighted by molar-refractivity contribution is 7.99. The number of amides is 1. The highest BCUT2D eigenvalue weighted by Gasteiger charge is 2.30. The molecule has 1 saturated heterocycles. The van der Waals surface area contributed by atoms with Crippen LogP contribution >= 0.6 is 11.8 Å². The van der Waals surface area contributed by atoms with E-state index in [-0.39, 0.29) is 23.8 Å². The largest absolute Gasteiger partial charge is 0.325 e. The molecular weight excluding hydrogens is 389 g/mol. The van der Waals surface area contributed by atoms with Crippen LogP contribution < -0.4 is 16.2 Å². The van der Waals surface area contributed by atoms with Crippen molar-refractivity contribution in [1.29, 1.82) is 0 Å². The second-order valence-corrected chi connectivity index (χ2v) is 8.26. The molecule has 5 rings (SSSR count). The van der Waals surface area contributed by atoms with Crippen molar-refractivity contribution < 1.29 is 9.18 Å². The van der Waals surface area contributed by atoms with Crippen molar-refractivity contribution in [2.24, 2.45) is 0 Å². The van der Waals surface area contributed by atoms with E-state index in [4.69, 9.17) is 0 Å². The van der Waals surface area contributed by atoms with Gasteiger partial charge in [0.25, 0.3) is 0 Å². The third-order valence-electron chi connectivity index (χ3n) is 5.24. The number of fused-ring (bicyclic) bond motifs is 1. The second kappa shape index (κ2) is 7.62. The molecule has 2 aliphatic rings. The van der Waals surface area contributed by atoms with Gasteiger partial charge in [-0.2, -0.15) is 0 Å². The first-order valence-electron chi connectivity index (χ1n) is 9.53. The Morgan fingerprint density at radius 2 is 1.93 bits per heavy atom. The number of aryl methyl sites for hydroxylation is 1. The minimum Gasteiger partial charge on any atom is -0.325 e. The first-order valence-corrected chi connectivity index (χ1v) is 10.5. The number of hydrogen-bond donors (Lipinski definition) is 3. The number of aromatic nitrogens is 2. The first kappa shape index (κ1) is 18.4. The topological polar surface area (TPSA) is 71.0 Å². The zero-order valence-electron chi connectivity index (χ0n) is 15.6. The predicted octanol–water partition coefficient (Wildman–Crippen LogP) is 3.34. The summed E-state index contributed by atoms with van der Waals surface area (Å²) in [7, 11) is 0. The standard InChI is InChI=1S/C21H20FN5OS/c22-15-5-1-13(2-6-15)17-11-18(26-25-17)20(28)23-16-7-3-14(4-8-16)19-12-27-9-10-29-21(27)24-19/h1-8,12,17-18,25-26H,9-11H2,(H,23,28). The zero-order valence-corrected chi connectivity index (χ0v) is 16.4. The van der Waals surface area contributed by atoms with Crippen molar-refractivity contribution in [1.82, 2.24) is 20.4 Å². The Balaban J connectivity index is 1.21. The van der Waals surface area contributed by atoms with E-state index < -0.39 is 0 Å². The summed E-state index contributed by atoms with van der Waals surface area (Å²) in [5.41, 5.74) is 9.81.